The Morgan fingerprint density at radius 1 is 1.33 bits per heavy atom. The van der Waals surface area contributed by atoms with Crippen LogP contribution in [-0.4, -0.2) is 22.6 Å². The predicted molar refractivity (Wildman–Crippen MR) is 77.0 cm³/mol. The van der Waals surface area contributed by atoms with E-state index in [0.717, 1.165) is 12.8 Å². The summed E-state index contributed by atoms with van der Waals surface area (Å²) >= 11 is 5.64. The zero-order valence-electron chi connectivity index (χ0n) is 11.3. The topological polar surface area (TPSA) is 78.4 Å². The minimum absolute atomic E-state index is 0.0385. The third-order valence-electron chi connectivity index (χ3n) is 3.63. The van der Waals surface area contributed by atoms with Gasteiger partial charge in [0.1, 0.15) is 0 Å². The molecular formula is C14H16ClFN2O3. The number of carbonyl (C=O) groups excluding carboxylic acids is 1. The Kier molecular flexibility index (Phi) is 4.67. The van der Waals surface area contributed by atoms with Crippen LogP contribution >= 0.6 is 11.6 Å². The number of carboxylic acids is 1. The van der Waals surface area contributed by atoms with E-state index >= 15 is 0 Å². The van der Waals surface area contributed by atoms with E-state index in [2.05, 4.69) is 10.6 Å². The molecule has 0 bridgehead atoms. The number of rotatable bonds is 4. The summed E-state index contributed by atoms with van der Waals surface area (Å²) in [5.74, 6) is -1.68. The van der Waals surface area contributed by atoms with Gasteiger partial charge in [-0.15, -0.1) is 0 Å². The van der Waals surface area contributed by atoms with Crippen LogP contribution in [0.15, 0.2) is 18.2 Å². The van der Waals surface area contributed by atoms with E-state index in [4.69, 9.17) is 16.7 Å². The van der Waals surface area contributed by atoms with Crippen LogP contribution in [0.5, 0.6) is 0 Å². The van der Waals surface area contributed by atoms with Crippen LogP contribution < -0.4 is 10.6 Å². The zero-order chi connectivity index (χ0) is 15.5. The van der Waals surface area contributed by atoms with Gasteiger partial charge in [0, 0.05) is 0 Å². The second-order valence-corrected chi connectivity index (χ2v) is 5.65. The van der Waals surface area contributed by atoms with Crippen molar-refractivity contribution in [2.24, 2.45) is 0 Å². The fourth-order valence-corrected chi connectivity index (χ4v) is 2.86. The smallest absolute Gasteiger partial charge is 0.319 e. The number of amides is 2. The van der Waals surface area contributed by atoms with Gasteiger partial charge in [0.15, 0.2) is 5.82 Å². The maximum atomic E-state index is 13.7. The molecule has 114 valence electrons. The lowest BCUT2D eigenvalue weighted by atomic mass is 9.93. The van der Waals surface area contributed by atoms with E-state index in [0.29, 0.717) is 12.8 Å². The second-order valence-electron chi connectivity index (χ2n) is 5.24. The van der Waals surface area contributed by atoms with Gasteiger partial charge in [-0.3, -0.25) is 4.79 Å². The molecule has 1 aliphatic rings. The summed E-state index contributed by atoms with van der Waals surface area (Å²) in [4.78, 5) is 22.9. The Morgan fingerprint density at radius 3 is 2.62 bits per heavy atom. The number of benzene rings is 1. The van der Waals surface area contributed by atoms with Crippen molar-refractivity contribution >= 4 is 29.3 Å². The number of urea groups is 1. The fraction of sp³-hybridized carbons (Fsp3) is 0.429. The fourth-order valence-electron chi connectivity index (χ4n) is 2.68. The lowest BCUT2D eigenvalue weighted by Crippen LogP contribution is -2.49. The summed E-state index contributed by atoms with van der Waals surface area (Å²) in [7, 11) is 0. The lowest BCUT2D eigenvalue weighted by Gasteiger charge is -2.28. The molecule has 1 saturated carbocycles. The van der Waals surface area contributed by atoms with Crippen molar-refractivity contribution < 1.29 is 19.1 Å². The monoisotopic (exact) mass is 314 g/mol. The van der Waals surface area contributed by atoms with E-state index in [1.807, 2.05) is 0 Å². The molecule has 0 spiro atoms. The first-order valence-corrected chi connectivity index (χ1v) is 7.05. The Morgan fingerprint density at radius 2 is 2.00 bits per heavy atom. The molecule has 0 unspecified atom stereocenters. The molecule has 5 nitrogen and oxygen atoms in total. The van der Waals surface area contributed by atoms with Crippen molar-refractivity contribution in [3.05, 3.63) is 29.0 Å². The van der Waals surface area contributed by atoms with Gasteiger partial charge < -0.3 is 15.7 Å². The highest BCUT2D eigenvalue weighted by atomic mass is 35.5. The normalized spacial score (nSPS) is 16.5. The third-order valence-corrected chi connectivity index (χ3v) is 3.92. The van der Waals surface area contributed by atoms with E-state index in [1.54, 1.807) is 0 Å². The first-order valence-electron chi connectivity index (χ1n) is 6.67. The average Bonchev–Trinajstić information content (AvgIpc) is 2.82. The molecule has 0 aromatic heterocycles. The van der Waals surface area contributed by atoms with Crippen LogP contribution in [0, 0.1) is 5.82 Å². The molecule has 3 N–H and O–H groups in total. The first-order chi connectivity index (χ1) is 9.92. The Bertz CT molecular complexity index is 559. The van der Waals surface area contributed by atoms with Crippen LogP contribution in [0.2, 0.25) is 5.02 Å². The number of carboxylic acid groups (broad SMARTS) is 1. The summed E-state index contributed by atoms with van der Waals surface area (Å²) in [6.45, 7) is 0. The summed E-state index contributed by atoms with van der Waals surface area (Å²) in [6, 6.07) is 3.66. The number of halogens is 2. The van der Waals surface area contributed by atoms with E-state index in [-0.39, 0.29) is 17.1 Å². The van der Waals surface area contributed by atoms with Crippen molar-refractivity contribution in [1.29, 1.82) is 0 Å². The Balaban J connectivity index is 2.06. The van der Waals surface area contributed by atoms with Gasteiger partial charge in [0.25, 0.3) is 0 Å². The lowest BCUT2D eigenvalue weighted by molar-refractivity contribution is -0.138. The van der Waals surface area contributed by atoms with Gasteiger partial charge in [0.2, 0.25) is 0 Å². The molecule has 21 heavy (non-hydrogen) atoms. The minimum Gasteiger partial charge on any atom is -0.481 e. The van der Waals surface area contributed by atoms with Gasteiger partial charge in [-0.05, 0) is 25.0 Å². The van der Waals surface area contributed by atoms with Gasteiger partial charge in [-0.25, -0.2) is 9.18 Å². The molecule has 1 fully saturated rings. The molecule has 0 saturated heterocycles. The molecule has 1 aliphatic carbocycles. The number of carbonyl (C=O) groups is 2. The SMILES string of the molecule is O=C(O)CC1(NC(=O)Nc2cccc(Cl)c2F)CCCC1. The van der Waals surface area contributed by atoms with Crippen molar-refractivity contribution in [3.8, 4) is 0 Å². The highest BCUT2D eigenvalue weighted by Gasteiger charge is 2.37. The molecule has 0 radical (unpaired) electrons. The summed E-state index contributed by atoms with van der Waals surface area (Å²) < 4.78 is 13.7. The van der Waals surface area contributed by atoms with E-state index < -0.39 is 23.4 Å². The molecular weight excluding hydrogens is 299 g/mol. The maximum absolute atomic E-state index is 13.7. The molecule has 0 heterocycles. The predicted octanol–water partition coefficient (Wildman–Crippen LogP) is 3.39. The number of nitrogens with one attached hydrogen (secondary N) is 2. The maximum Gasteiger partial charge on any atom is 0.319 e. The third kappa shape index (κ3) is 3.85. The Hall–Kier alpha value is -1.82. The van der Waals surface area contributed by atoms with Crippen molar-refractivity contribution in [1.82, 2.24) is 5.32 Å². The molecule has 1 aromatic rings. The number of hydrogen-bond donors (Lipinski definition) is 3. The number of anilines is 1. The quantitative estimate of drug-likeness (QED) is 0.797. The van der Waals surface area contributed by atoms with Gasteiger partial charge in [0.05, 0.1) is 22.7 Å². The van der Waals surface area contributed by atoms with Crippen molar-refractivity contribution in [2.45, 2.75) is 37.6 Å². The number of aliphatic carboxylic acids is 1. The highest BCUT2D eigenvalue weighted by molar-refractivity contribution is 6.31. The van der Waals surface area contributed by atoms with Gasteiger partial charge in [-0.2, -0.15) is 0 Å². The first kappa shape index (κ1) is 15.6. The van der Waals surface area contributed by atoms with Gasteiger partial charge in [-0.1, -0.05) is 30.5 Å². The van der Waals surface area contributed by atoms with Crippen LogP contribution in [0.1, 0.15) is 32.1 Å². The molecule has 1 aromatic carbocycles. The standard InChI is InChI=1S/C14H16ClFN2O3/c15-9-4-3-5-10(12(9)16)17-13(21)18-14(8-11(19)20)6-1-2-7-14/h3-5H,1-2,6-8H2,(H,19,20)(H2,17,18,21). The Labute approximate surface area is 126 Å². The molecule has 2 amide bonds. The van der Waals surface area contributed by atoms with E-state index in [9.17, 15) is 14.0 Å². The van der Waals surface area contributed by atoms with Crippen LogP contribution in [0.3, 0.4) is 0 Å². The van der Waals surface area contributed by atoms with Crippen LogP contribution in [-0.2, 0) is 4.79 Å². The van der Waals surface area contributed by atoms with Crippen LogP contribution in [0.25, 0.3) is 0 Å². The molecule has 0 atom stereocenters. The molecule has 7 heteroatoms. The second kappa shape index (κ2) is 6.30. The van der Waals surface area contributed by atoms with Crippen LogP contribution in [0.4, 0.5) is 14.9 Å². The van der Waals surface area contributed by atoms with E-state index in [1.165, 1.54) is 18.2 Å². The zero-order valence-corrected chi connectivity index (χ0v) is 12.0. The molecule has 2 rings (SSSR count). The number of hydrogen-bond acceptors (Lipinski definition) is 2. The average molecular weight is 315 g/mol. The summed E-state index contributed by atoms with van der Waals surface area (Å²) in [6.07, 6.45) is 2.78. The largest absolute Gasteiger partial charge is 0.481 e. The minimum atomic E-state index is -0.967. The van der Waals surface area contributed by atoms with Gasteiger partial charge >= 0.3 is 12.0 Å². The summed E-state index contributed by atoms with van der Waals surface area (Å²) in [5, 5.41) is 13.9. The summed E-state index contributed by atoms with van der Waals surface area (Å²) in [5.41, 5.74) is -0.797. The highest BCUT2D eigenvalue weighted by Crippen LogP contribution is 2.33. The van der Waals surface area contributed by atoms with Crippen molar-refractivity contribution in [2.75, 3.05) is 5.32 Å². The van der Waals surface area contributed by atoms with Crippen molar-refractivity contribution in [3.63, 3.8) is 0 Å². The molecule has 0 aliphatic heterocycles.